The molecule has 3 aromatic carbocycles. The standard InChI is InChI=1S/C26H28N4.C2H6.H2/c1-5-6-10-20-11-13-22(14-12-20)27-26-28-25-19(4)15-21(16-23(25)29-30-26)24-17(2)8-7-9-18(24)3;1-2;/h7-9,11-16H,5-6,10H2,1-4H3,(H,27,28,30);1-2H3;1H. The first-order chi connectivity index (χ1) is 15.5. The summed E-state index contributed by atoms with van der Waals surface area (Å²) in [5.74, 6) is 0.520. The summed E-state index contributed by atoms with van der Waals surface area (Å²) in [6, 6.07) is 19.1. The largest absolute Gasteiger partial charge is 0.323 e. The van der Waals surface area contributed by atoms with E-state index in [0.717, 1.165) is 34.3 Å². The summed E-state index contributed by atoms with van der Waals surface area (Å²) < 4.78 is 0. The van der Waals surface area contributed by atoms with Crippen LogP contribution in [-0.2, 0) is 6.42 Å². The lowest BCUT2D eigenvalue weighted by molar-refractivity contribution is 0.795. The van der Waals surface area contributed by atoms with E-state index in [-0.39, 0.29) is 1.43 Å². The normalized spacial score (nSPS) is 10.6. The lowest BCUT2D eigenvalue weighted by atomic mass is 9.94. The molecule has 4 rings (SSSR count). The molecule has 0 aliphatic carbocycles. The minimum atomic E-state index is 0. The van der Waals surface area contributed by atoms with E-state index in [9.17, 15) is 0 Å². The number of fused-ring (bicyclic) bond motifs is 1. The molecule has 168 valence electrons. The first-order valence-electron chi connectivity index (χ1n) is 11.6. The topological polar surface area (TPSA) is 50.7 Å². The summed E-state index contributed by atoms with van der Waals surface area (Å²) in [6.07, 6.45) is 3.54. The van der Waals surface area contributed by atoms with Gasteiger partial charge in [0, 0.05) is 7.11 Å². The summed E-state index contributed by atoms with van der Waals surface area (Å²) in [5, 5.41) is 12.1. The summed E-state index contributed by atoms with van der Waals surface area (Å²) in [7, 11) is 0. The molecule has 0 aliphatic rings. The van der Waals surface area contributed by atoms with E-state index < -0.39 is 0 Å². The Balaban J connectivity index is 0.00000125. The maximum absolute atomic E-state index is 4.74. The van der Waals surface area contributed by atoms with Gasteiger partial charge in [0.1, 0.15) is 5.52 Å². The second-order valence-corrected chi connectivity index (χ2v) is 7.99. The number of anilines is 2. The third-order valence-corrected chi connectivity index (χ3v) is 5.55. The van der Waals surface area contributed by atoms with Gasteiger partial charge in [-0.05, 0) is 91.3 Å². The van der Waals surface area contributed by atoms with E-state index in [0.29, 0.717) is 5.95 Å². The molecular formula is C28H36N4. The third-order valence-electron chi connectivity index (χ3n) is 5.55. The Labute approximate surface area is 193 Å². The van der Waals surface area contributed by atoms with Crippen LogP contribution < -0.4 is 5.32 Å². The van der Waals surface area contributed by atoms with Gasteiger partial charge < -0.3 is 5.32 Å². The number of benzene rings is 3. The Morgan fingerprint density at radius 1 is 0.844 bits per heavy atom. The van der Waals surface area contributed by atoms with Gasteiger partial charge >= 0.3 is 0 Å². The molecule has 0 saturated carbocycles. The van der Waals surface area contributed by atoms with Crippen molar-refractivity contribution in [2.24, 2.45) is 0 Å². The van der Waals surface area contributed by atoms with Crippen molar-refractivity contribution >= 4 is 22.7 Å². The fourth-order valence-electron chi connectivity index (χ4n) is 3.94. The molecule has 0 saturated heterocycles. The highest BCUT2D eigenvalue weighted by atomic mass is 15.2. The van der Waals surface area contributed by atoms with Crippen molar-refractivity contribution in [3.63, 3.8) is 0 Å². The Bertz CT molecular complexity index is 1170. The second kappa shape index (κ2) is 10.9. The zero-order valence-corrected chi connectivity index (χ0v) is 20.2. The fraction of sp³-hybridized carbons (Fsp3) is 0.321. The zero-order valence-electron chi connectivity index (χ0n) is 20.2. The molecular weight excluding hydrogens is 392 g/mol. The van der Waals surface area contributed by atoms with Gasteiger partial charge in [-0.3, -0.25) is 0 Å². The van der Waals surface area contributed by atoms with Crippen LogP contribution in [0.4, 0.5) is 11.6 Å². The first-order valence-corrected chi connectivity index (χ1v) is 11.6. The Hall–Kier alpha value is -3.27. The number of nitrogens with zero attached hydrogens (tertiary/aromatic N) is 3. The van der Waals surface area contributed by atoms with Crippen molar-refractivity contribution in [2.75, 3.05) is 5.32 Å². The first kappa shape index (κ1) is 23.4. The van der Waals surface area contributed by atoms with Crippen LogP contribution in [0.3, 0.4) is 0 Å². The molecule has 32 heavy (non-hydrogen) atoms. The van der Waals surface area contributed by atoms with Crippen LogP contribution in [-0.4, -0.2) is 15.2 Å². The molecule has 0 atom stereocenters. The number of hydrogen-bond acceptors (Lipinski definition) is 4. The third kappa shape index (κ3) is 5.31. The SMILES string of the molecule is CC.CCCCc1ccc(Nc2nnc3cc(-c4c(C)cccc4C)cc(C)c3n2)cc1.[HH]. The highest BCUT2D eigenvalue weighted by Crippen LogP contribution is 2.31. The molecule has 0 unspecified atom stereocenters. The molecule has 0 amide bonds. The Morgan fingerprint density at radius 2 is 1.53 bits per heavy atom. The van der Waals surface area contributed by atoms with Crippen LogP contribution in [0.2, 0.25) is 0 Å². The van der Waals surface area contributed by atoms with Gasteiger partial charge in [0.25, 0.3) is 0 Å². The van der Waals surface area contributed by atoms with Crippen molar-refractivity contribution in [1.82, 2.24) is 15.2 Å². The molecule has 0 fully saturated rings. The highest BCUT2D eigenvalue weighted by Gasteiger charge is 2.11. The van der Waals surface area contributed by atoms with Gasteiger partial charge in [-0.15, -0.1) is 10.2 Å². The van der Waals surface area contributed by atoms with E-state index in [4.69, 9.17) is 4.98 Å². The van der Waals surface area contributed by atoms with Gasteiger partial charge in [0.05, 0.1) is 5.52 Å². The average Bonchev–Trinajstić information content (AvgIpc) is 2.80. The van der Waals surface area contributed by atoms with Crippen LogP contribution >= 0.6 is 0 Å². The molecule has 1 heterocycles. The monoisotopic (exact) mass is 428 g/mol. The van der Waals surface area contributed by atoms with Crippen molar-refractivity contribution < 1.29 is 1.43 Å². The zero-order chi connectivity index (χ0) is 23.1. The van der Waals surface area contributed by atoms with Gasteiger partial charge in [-0.2, -0.15) is 0 Å². The van der Waals surface area contributed by atoms with Crippen LogP contribution in [0.15, 0.2) is 54.6 Å². The maximum Gasteiger partial charge on any atom is 0.247 e. The molecule has 4 heteroatoms. The highest BCUT2D eigenvalue weighted by molar-refractivity contribution is 5.86. The van der Waals surface area contributed by atoms with Crippen LogP contribution in [0.25, 0.3) is 22.2 Å². The minimum Gasteiger partial charge on any atom is -0.323 e. The Morgan fingerprint density at radius 3 is 2.19 bits per heavy atom. The quantitative estimate of drug-likeness (QED) is 0.338. The van der Waals surface area contributed by atoms with Gasteiger partial charge in [0.2, 0.25) is 5.95 Å². The molecule has 0 spiro atoms. The van der Waals surface area contributed by atoms with Crippen molar-refractivity contribution in [1.29, 1.82) is 0 Å². The lowest BCUT2D eigenvalue weighted by Gasteiger charge is -2.12. The average molecular weight is 429 g/mol. The smallest absolute Gasteiger partial charge is 0.247 e. The molecule has 4 aromatic rings. The van der Waals surface area contributed by atoms with Crippen LogP contribution in [0.5, 0.6) is 0 Å². The number of aromatic nitrogens is 3. The van der Waals surface area contributed by atoms with E-state index in [1.54, 1.807) is 0 Å². The number of aryl methyl sites for hydroxylation is 4. The van der Waals surface area contributed by atoms with Crippen molar-refractivity contribution in [3.8, 4) is 11.1 Å². The molecule has 1 N–H and O–H groups in total. The van der Waals surface area contributed by atoms with E-state index in [1.165, 1.54) is 35.1 Å². The van der Waals surface area contributed by atoms with E-state index in [2.05, 4.69) is 97.8 Å². The van der Waals surface area contributed by atoms with Gasteiger partial charge in [-0.1, -0.05) is 57.5 Å². The Kier molecular flexibility index (Phi) is 7.93. The van der Waals surface area contributed by atoms with E-state index >= 15 is 0 Å². The van der Waals surface area contributed by atoms with Crippen molar-refractivity contribution in [2.45, 2.75) is 60.8 Å². The molecule has 0 bridgehead atoms. The van der Waals surface area contributed by atoms with Gasteiger partial charge in [-0.25, -0.2) is 4.98 Å². The second-order valence-electron chi connectivity index (χ2n) is 7.99. The number of nitrogens with one attached hydrogen (secondary N) is 1. The molecule has 0 aliphatic heterocycles. The van der Waals surface area contributed by atoms with Crippen LogP contribution in [0, 0.1) is 20.8 Å². The minimum absolute atomic E-state index is 0. The summed E-state index contributed by atoms with van der Waals surface area (Å²) in [5.41, 5.74) is 10.1. The van der Waals surface area contributed by atoms with Gasteiger partial charge in [0.15, 0.2) is 0 Å². The predicted octanol–water partition coefficient (Wildman–Crippen LogP) is 7.98. The lowest BCUT2D eigenvalue weighted by Crippen LogP contribution is -2.01. The van der Waals surface area contributed by atoms with Crippen molar-refractivity contribution in [3.05, 3.63) is 76.9 Å². The molecule has 4 nitrogen and oxygen atoms in total. The number of unbranched alkanes of at least 4 members (excludes halogenated alkanes) is 1. The molecule has 1 aromatic heterocycles. The predicted molar refractivity (Wildman–Crippen MR) is 139 cm³/mol. The molecule has 0 radical (unpaired) electrons. The fourth-order valence-corrected chi connectivity index (χ4v) is 3.94. The van der Waals surface area contributed by atoms with Crippen LogP contribution in [0.1, 0.15) is 57.3 Å². The summed E-state index contributed by atoms with van der Waals surface area (Å²) in [6.45, 7) is 12.6. The number of rotatable bonds is 6. The van der Waals surface area contributed by atoms with E-state index in [1.807, 2.05) is 13.8 Å². The number of hydrogen-bond donors (Lipinski definition) is 1. The maximum atomic E-state index is 4.74. The summed E-state index contributed by atoms with van der Waals surface area (Å²) in [4.78, 5) is 4.74. The summed E-state index contributed by atoms with van der Waals surface area (Å²) >= 11 is 0.